The van der Waals surface area contributed by atoms with E-state index in [2.05, 4.69) is 9.88 Å². The number of hydrogen-bond donors (Lipinski definition) is 0. The second-order valence-electron chi connectivity index (χ2n) is 5.43. The Bertz CT molecular complexity index is 645. The average molecular weight is 332 g/mol. The van der Waals surface area contributed by atoms with Crippen molar-refractivity contribution < 1.29 is 14.3 Å². The molecule has 6 heteroatoms. The van der Waals surface area contributed by atoms with Gasteiger partial charge in [-0.3, -0.25) is 4.90 Å². The Hall–Kier alpha value is -1.76. The summed E-state index contributed by atoms with van der Waals surface area (Å²) in [5.74, 6) is -0.275. The molecule has 5 nitrogen and oxygen atoms in total. The smallest absolute Gasteiger partial charge is 0.338 e. The number of benzene rings is 1. The third kappa shape index (κ3) is 3.96. The van der Waals surface area contributed by atoms with Crippen LogP contribution in [0.4, 0.5) is 0 Å². The highest BCUT2D eigenvalue weighted by Gasteiger charge is 2.23. The molecule has 2 aromatic rings. The number of nitrogens with zero attached hydrogens (tertiary/aromatic N) is 2. The molecule has 23 heavy (non-hydrogen) atoms. The maximum absolute atomic E-state index is 11.8. The molecule has 0 spiro atoms. The fourth-order valence-electron chi connectivity index (χ4n) is 2.77. The fraction of sp³-hybridized carbons (Fsp3) is 0.412. The molecule has 1 aliphatic heterocycles. The molecule has 122 valence electrons. The summed E-state index contributed by atoms with van der Waals surface area (Å²) in [5.41, 5.74) is 1.68. The lowest BCUT2D eigenvalue weighted by atomic mass is 10.0. The number of carbonyl (C=O) groups excluding carboxylic acids is 1. The number of ether oxygens (including phenoxy) is 2. The molecule has 3 rings (SSSR count). The Kier molecular flexibility index (Phi) is 5.38. The van der Waals surface area contributed by atoms with Crippen LogP contribution in [0, 0.1) is 0 Å². The van der Waals surface area contributed by atoms with Crippen LogP contribution in [-0.4, -0.2) is 49.2 Å². The van der Waals surface area contributed by atoms with Crippen molar-refractivity contribution >= 4 is 17.3 Å². The quantitative estimate of drug-likeness (QED) is 0.788. The van der Waals surface area contributed by atoms with E-state index in [0.717, 1.165) is 36.6 Å². The summed E-state index contributed by atoms with van der Waals surface area (Å²) < 4.78 is 10.7. The second kappa shape index (κ2) is 7.68. The van der Waals surface area contributed by atoms with Gasteiger partial charge in [0.15, 0.2) is 0 Å². The highest BCUT2D eigenvalue weighted by Crippen LogP contribution is 2.24. The van der Waals surface area contributed by atoms with Gasteiger partial charge in [-0.15, -0.1) is 11.3 Å². The van der Waals surface area contributed by atoms with Crippen LogP contribution in [0.1, 0.15) is 27.0 Å². The summed E-state index contributed by atoms with van der Waals surface area (Å²) in [4.78, 5) is 18.5. The average Bonchev–Trinajstić information content (AvgIpc) is 3.14. The van der Waals surface area contributed by atoms with E-state index < -0.39 is 0 Å². The summed E-state index contributed by atoms with van der Waals surface area (Å²) in [6, 6.07) is 7.63. The van der Waals surface area contributed by atoms with Crippen LogP contribution < -0.4 is 0 Å². The molecule has 0 saturated carbocycles. The number of rotatable bonds is 5. The molecule has 0 radical (unpaired) electrons. The SMILES string of the molecule is COC(=O)c1ccccc1CCN1CCO[C@@H](c2nccs2)C1. The molecular formula is C17H20N2O3S. The number of aromatic nitrogens is 1. The molecule has 0 N–H and O–H groups in total. The predicted octanol–water partition coefficient (Wildman–Crippen LogP) is 2.55. The van der Waals surface area contributed by atoms with Crippen LogP contribution in [0.15, 0.2) is 35.8 Å². The van der Waals surface area contributed by atoms with Crippen molar-refractivity contribution in [1.82, 2.24) is 9.88 Å². The third-order valence-corrected chi connectivity index (χ3v) is 4.87. The number of thiazole rings is 1. The molecule has 1 fully saturated rings. The van der Waals surface area contributed by atoms with Gasteiger partial charge < -0.3 is 9.47 Å². The minimum absolute atomic E-state index is 0.0552. The van der Waals surface area contributed by atoms with E-state index in [1.807, 2.05) is 35.8 Å². The minimum Gasteiger partial charge on any atom is -0.465 e. The molecule has 1 aromatic carbocycles. The Morgan fingerprint density at radius 2 is 2.35 bits per heavy atom. The second-order valence-corrected chi connectivity index (χ2v) is 6.36. The molecule has 0 amide bonds. The van der Waals surface area contributed by atoms with E-state index >= 15 is 0 Å². The predicted molar refractivity (Wildman–Crippen MR) is 88.7 cm³/mol. The van der Waals surface area contributed by atoms with Gasteiger partial charge in [-0.25, -0.2) is 9.78 Å². The summed E-state index contributed by atoms with van der Waals surface area (Å²) in [7, 11) is 1.42. The van der Waals surface area contributed by atoms with Gasteiger partial charge in [0.1, 0.15) is 11.1 Å². The van der Waals surface area contributed by atoms with E-state index in [9.17, 15) is 4.79 Å². The van der Waals surface area contributed by atoms with Crippen LogP contribution in [0.3, 0.4) is 0 Å². The van der Waals surface area contributed by atoms with Crippen LogP contribution in [-0.2, 0) is 15.9 Å². The van der Waals surface area contributed by atoms with Crippen molar-refractivity contribution in [2.45, 2.75) is 12.5 Å². The highest BCUT2D eigenvalue weighted by molar-refractivity contribution is 7.09. The minimum atomic E-state index is -0.275. The van der Waals surface area contributed by atoms with Crippen molar-refractivity contribution in [2.24, 2.45) is 0 Å². The van der Waals surface area contributed by atoms with Gasteiger partial charge in [-0.1, -0.05) is 18.2 Å². The molecule has 0 unspecified atom stereocenters. The summed E-state index contributed by atoms with van der Waals surface area (Å²) in [6.45, 7) is 3.35. The van der Waals surface area contributed by atoms with E-state index in [-0.39, 0.29) is 12.1 Å². The molecule has 1 atom stereocenters. The van der Waals surface area contributed by atoms with E-state index in [0.29, 0.717) is 12.2 Å². The maximum Gasteiger partial charge on any atom is 0.338 e. The lowest BCUT2D eigenvalue weighted by molar-refractivity contribution is -0.0296. The first-order valence-electron chi connectivity index (χ1n) is 7.67. The van der Waals surface area contributed by atoms with Crippen LogP contribution in [0.2, 0.25) is 0 Å². The number of carbonyl (C=O) groups is 1. The number of esters is 1. The first kappa shape index (κ1) is 16.1. The third-order valence-electron chi connectivity index (χ3n) is 4.00. The van der Waals surface area contributed by atoms with Crippen molar-refractivity contribution in [3.05, 3.63) is 52.0 Å². The summed E-state index contributed by atoms with van der Waals surface area (Å²) >= 11 is 1.63. The van der Waals surface area contributed by atoms with E-state index in [1.165, 1.54) is 7.11 Å². The zero-order valence-corrected chi connectivity index (χ0v) is 13.9. The van der Waals surface area contributed by atoms with Gasteiger partial charge in [0, 0.05) is 31.2 Å². The number of morpholine rings is 1. The first-order chi connectivity index (χ1) is 11.3. The molecule has 1 aliphatic rings. The van der Waals surface area contributed by atoms with Crippen molar-refractivity contribution in [2.75, 3.05) is 33.4 Å². The molecule has 2 heterocycles. The van der Waals surface area contributed by atoms with Crippen molar-refractivity contribution in [3.63, 3.8) is 0 Å². The fourth-order valence-corrected chi connectivity index (χ4v) is 3.45. The van der Waals surface area contributed by atoms with Crippen LogP contribution in [0.25, 0.3) is 0 Å². The van der Waals surface area contributed by atoms with Crippen LogP contribution >= 0.6 is 11.3 Å². The molecular weight excluding hydrogens is 312 g/mol. The zero-order chi connectivity index (χ0) is 16.1. The normalized spacial score (nSPS) is 18.7. The van der Waals surface area contributed by atoms with E-state index in [4.69, 9.17) is 9.47 Å². The summed E-state index contributed by atoms with van der Waals surface area (Å²) in [5, 5.41) is 3.01. The standard InChI is InChI=1S/C17H20N2O3S/c1-21-17(20)14-5-3-2-4-13(14)6-8-19-9-10-22-15(12-19)16-18-7-11-23-16/h2-5,7,11,15H,6,8-10,12H2,1H3/t15-/m1/s1. The van der Waals surface area contributed by atoms with Crippen molar-refractivity contribution in [1.29, 1.82) is 0 Å². The molecule has 1 saturated heterocycles. The number of methoxy groups -OCH3 is 1. The van der Waals surface area contributed by atoms with Crippen LogP contribution in [0.5, 0.6) is 0 Å². The van der Waals surface area contributed by atoms with Gasteiger partial charge in [-0.05, 0) is 18.1 Å². The first-order valence-corrected chi connectivity index (χ1v) is 8.55. The topological polar surface area (TPSA) is 51.7 Å². The monoisotopic (exact) mass is 332 g/mol. The lowest BCUT2D eigenvalue weighted by Crippen LogP contribution is -2.39. The molecule has 0 bridgehead atoms. The Balaban J connectivity index is 1.61. The van der Waals surface area contributed by atoms with Gasteiger partial charge in [0.05, 0.1) is 19.3 Å². The van der Waals surface area contributed by atoms with Gasteiger partial charge in [0.25, 0.3) is 0 Å². The summed E-state index contributed by atoms with van der Waals surface area (Å²) in [6.07, 6.45) is 2.68. The largest absolute Gasteiger partial charge is 0.465 e. The van der Waals surface area contributed by atoms with Gasteiger partial charge in [-0.2, -0.15) is 0 Å². The molecule has 1 aromatic heterocycles. The Morgan fingerprint density at radius 3 is 3.13 bits per heavy atom. The lowest BCUT2D eigenvalue weighted by Gasteiger charge is -2.32. The van der Waals surface area contributed by atoms with Crippen molar-refractivity contribution in [3.8, 4) is 0 Å². The molecule has 0 aliphatic carbocycles. The number of hydrogen-bond acceptors (Lipinski definition) is 6. The maximum atomic E-state index is 11.8. The van der Waals surface area contributed by atoms with E-state index in [1.54, 1.807) is 11.3 Å². The Labute approximate surface area is 139 Å². The van der Waals surface area contributed by atoms with Gasteiger partial charge >= 0.3 is 5.97 Å². The Morgan fingerprint density at radius 1 is 1.48 bits per heavy atom. The highest BCUT2D eigenvalue weighted by atomic mass is 32.1. The van der Waals surface area contributed by atoms with Gasteiger partial charge in [0.2, 0.25) is 0 Å². The zero-order valence-electron chi connectivity index (χ0n) is 13.1.